The van der Waals surface area contributed by atoms with Crippen LogP contribution in [0.1, 0.15) is 5.56 Å². The molecule has 0 atom stereocenters. The van der Waals surface area contributed by atoms with Crippen LogP contribution in [-0.4, -0.2) is 29.7 Å². The summed E-state index contributed by atoms with van der Waals surface area (Å²) in [5, 5.41) is 7.23. The third kappa shape index (κ3) is 3.85. The molecule has 0 aliphatic rings. The highest BCUT2D eigenvalue weighted by Crippen LogP contribution is 2.23. The second-order valence-electron chi connectivity index (χ2n) is 6.10. The number of rotatable bonds is 7. The van der Waals surface area contributed by atoms with Gasteiger partial charge in [-0.25, -0.2) is 0 Å². The van der Waals surface area contributed by atoms with Crippen LogP contribution in [0.4, 0.5) is 5.95 Å². The minimum Gasteiger partial charge on any atom is -0.497 e. The molecule has 29 heavy (non-hydrogen) atoms. The van der Waals surface area contributed by atoms with E-state index in [1.165, 1.54) is 18.4 Å². The number of aromatic nitrogens is 3. The number of nitrogens with zero attached hydrogens (tertiary/aromatic N) is 3. The molecule has 9 heteroatoms. The fourth-order valence-electron chi connectivity index (χ4n) is 2.70. The number of furan rings is 1. The molecule has 2 aromatic carbocycles. The number of benzene rings is 2. The molecule has 4 rings (SSSR count). The molecule has 0 aliphatic heterocycles. The summed E-state index contributed by atoms with van der Waals surface area (Å²) in [6.07, 6.45) is 1.48. The van der Waals surface area contributed by atoms with Gasteiger partial charge in [-0.05, 0) is 42.0 Å². The molecular formula is C20H18N4O4S. The topological polar surface area (TPSA) is 99.2 Å². The second kappa shape index (κ2) is 7.80. The van der Waals surface area contributed by atoms with Crippen molar-refractivity contribution in [1.82, 2.24) is 14.2 Å². The van der Waals surface area contributed by atoms with Gasteiger partial charge >= 0.3 is 0 Å². The van der Waals surface area contributed by atoms with E-state index in [2.05, 4.69) is 15.4 Å². The van der Waals surface area contributed by atoms with Gasteiger partial charge in [-0.15, -0.1) is 9.19 Å². The van der Waals surface area contributed by atoms with Crippen molar-refractivity contribution in [3.05, 3.63) is 78.6 Å². The highest BCUT2D eigenvalue weighted by atomic mass is 32.2. The Morgan fingerprint density at radius 1 is 1.03 bits per heavy atom. The maximum atomic E-state index is 13.1. The van der Waals surface area contributed by atoms with Gasteiger partial charge in [0.15, 0.2) is 5.76 Å². The number of hydrogen-bond acceptors (Lipinski definition) is 7. The molecule has 0 amide bonds. The van der Waals surface area contributed by atoms with Crippen molar-refractivity contribution in [1.29, 1.82) is 0 Å². The lowest BCUT2D eigenvalue weighted by Gasteiger charge is -2.09. The fraction of sp³-hybridized carbons (Fsp3) is 0.100. The minimum atomic E-state index is -3.94. The van der Waals surface area contributed by atoms with E-state index in [9.17, 15) is 8.42 Å². The van der Waals surface area contributed by atoms with Crippen LogP contribution in [0.5, 0.6) is 5.75 Å². The van der Waals surface area contributed by atoms with E-state index in [0.717, 1.165) is 15.4 Å². The van der Waals surface area contributed by atoms with Crippen molar-refractivity contribution in [2.24, 2.45) is 0 Å². The van der Waals surface area contributed by atoms with Crippen LogP contribution in [0.25, 0.3) is 11.6 Å². The van der Waals surface area contributed by atoms with Crippen LogP contribution < -0.4 is 10.1 Å². The van der Waals surface area contributed by atoms with Gasteiger partial charge in [0, 0.05) is 6.54 Å². The zero-order chi connectivity index (χ0) is 20.3. The predicted octanol–water partition coefficient (Wildman–Crippen LogP) is 3.40. The highest BCUT2D eigenvalue weighted by molar-refractivity contribution is 7.90. The molecule has 1 N–H and O–H groups in total. The molecule has 148 valence electrons. The van der Waals surface area contributed by atoms with Crippen LogP contribution in [0, 0.1) is 0 Å². The summed E-state index contributed by atoms with van der Waals surface area (Å²) in [4.78, 5) is 4.45. The van der Waals surface area contributed by atoms with E-state index < -0.39 is 10.0 Å². The van der Waals surface area contributed by atoms with Gasteiger partial charge in [0.25, 0.3) is 10.0 Å². The van der Waals surface area contributed by atoms with E-state index in [4.69, 9.17) is 9.15 Å². The Morgan fingerprint density at radius 3 is 2.45 bits per heavy atom. The lowest BCUT2D eigenvalue weighted by Crippen LogP contribution is -2.18. The van der Waals surface area contributed by atoms with E-state index in [0.29, 0.717) is 12.3 Å². The number of methoxy groups -OCH3 is 1. The summed E-state index contributed by atoms with van der Waals surface area (Å²) >= 11 is 0. The molecule has 0 unspecified atom stereocenters. The van der Waals surface area contributed by atoms with Crippen LogP contribution in [0.15, 0.2) is 82.3 Å². The number of ether oxygens (including phenoxy) is 1. The van der Waals surface area contributed by atoms with Crippen LogP contribution in [-0.2, 0) is 16.6 Å². The van der Waals surface area contributed by atoms with E-state index in [1.54, 1.807) is 37.4 Å². The van der Waals surface area contributed by atoms with Gasteiger partial charge in [0.1, 0.15) is 5.75 Å². The van der Waals surface area contributed by atoms with Gasteiger partial charge in [0.05, 0.1) is 18.3 Å². The summed E-state index contributed by atoms with van der Waals surface area (Å²) in [5.41, 5.74) is 0.928. The average molecular weight is 410 g/mol. The first-order valence-electron chi connectivity index (χ1n) is 8.76. The summed E-state index contributed by atoms with van der Waals surface area (Å²) in [6.45, 7) is 0.352. The van der Waals surface area contributed by atoms with Gasteiger partial charge in [-0.2, -0.15) is 13.4 Å². The van der Waals surface area contributed by atoms with Crippen LogP contribution in [0.2, 0.25) is 0 Å². The summed E-state index contributed by atoms with van der Waals surface area (Å²) < 4.78 is 37.6. The first-order chi connectivity index (χ1) is 14.1. The molecule has 0 fully saturated rings. The van der Waals surface area contributed by atoms with Crippen LogP contribution >= 0.6 is 0 Å². The Morgan fingerprint density at radius 2 is 1.79 bits per heavy atom. The van der Waals surface area contributed by atoms with Gasteiger partial charge < -0.3 is 14.5 Å². The number of anilines is 1. The molecule has 0 saturated heterocycles. The maximum absolute atomic E-state index is 13.1. The van der Waals surface area contributed by atoms with Gasteiger partial charge in [-0.1, -0.05) is 30.3 Å². The Kier molecular flexibility index (Phi) is 5.05. The van der Waals surface area contributed by atoms with E-state index in [1.807, 2.05) is 24.3 Å². The molecule has 2 aromatic heterocycles. The summed E-state index contributed by atoms with van der Waals surface area (Å²) in [6, 6.07) is 18.9. The standard InChI is InChI=1S/C20H18N4O4S/c1-27-16-11-9-15(10-12-16)14-21-20-22-19(18-8-5-13-28-18)23-24(20)29(25,26)17-6-3-2-4-7-17/h2-13H,14H2,1H3,(H,21,22,23). The van der Waals surface area contributed by atoms with E-state index in [-0.39, 0.29) is 16.7 Å². The zero-order valence-corrected chi connectivity index (χ0v) is 16.3. The van der Waals surface area contributed by atoms with Gasteiger partial charge in [0.2, 0.25) is 11.8 Å². The SMILES string of the molecule is COc1ccc(CNc2nc(-c3ccco3)nn2S(=O)(=O)c2ccccc2)cc1. The third-order valence-corrected chi connectivity index (χ3v) is 5.78. The molecule has 8 nitrogen and oxygen atoms in total. The van der Waals surface area contributed by atoms with Crippen molar-refractivity contribution >= 4 is 16.0 Å². The molecule has 0 spiro atoms. The molecule has 0 saturated carbocycles. The molecular weight excluding hydrogens is 392 g/mol. The summed E-state index contributed by atoms with van der Waals surface area (Å²) in [5.74, 6) is 1.38. The lowest BCUT2D eigenvalue weighted by molar-refractivity contribution is 0.414. The number of hydrogen-bond donors (Lipinski definition) is 1. The maximum Gasteiger partial charge on any atom is 0.286 e. The summed E-state index contributed by atoms with van der Waals surface area (Å²) in [7, 11) is -2.34. The molecule has 0 aliphatic carbocycles. The van der Waals surface area contributed by atoms with Crippen molar-refractivity contribution < 1.29 is 17.6 Å². The quantitative estimate of drug-likeness (QED) is 0.498. The smallest absolute Gasteiger partial charge is 0.286 e. The minimum absolute atomic E-state index is 0.0936. The van der Waals surface area contributed by atoms with Crippen molar-refractivity contribution in [3.63, 3.8) is 0 Å². The van der Waals surface area contributed by atoms with Crippen LogP contribution in [0.3, 0.4) is 0 Å². The Labute approximate surface area is 167 Å². The molecule has 2 heterocycles. The predicted molar refractivity (Wildman–Crippen MR) is 107 cm³/mol. The van der Waals surface area contributed by atoms with Crippen molar-refractivity contribution in [3.8, 4) is 17.3 Å². The average Bonchev–Trinajstić information content (AvgIpc) is 3.43. The lowest BCUT2D eigenvalue weighted by atomic mass is 10.2. The number of nitrogens with one attached hydrogen (secondary N) is 1. The Bertz CT molecular complexity index is 1190. The fourth-order valence-corrected chi connectivity index (χ4v) is 3.92. The molecule has 0 bridgehead atoms. The van der Waals surface area contributed by atoms with Gasteiger partial charge in [-0.3, -0.25) is 0 Å². The molecule has 4 aromatic rings. The Hall–Kier alpha value is -3.59. The highest BCUT2D eigenvalue weighted by Gasteiger charge is 2.25. The van der Waals surface area contributed by atoms with Crippen molar-refractivity contribution in [2.45, 2.75) is 11.4 Å². The second-order valence-corrected chi connectivity index (χ2v) is 7.87. The normalized spacial score (nSPS) is 11.3. The third-order valence-electron chi connectivity index (χ3n) is 4.20. The molecule has 0 radical (unpaired) electrons. The largest absolute Gasteiger partial charge is 0.497 e. The van der Waals surface area contributed by atoms with E-state index >= 15 is 0 Å². The Balaban J connectivity index is 1.69. The zero-order valence-electron chi connectivity index (χ0n) is 15.5. The monoisotopic (exact) mass is 410 g/mol. The first kappa shape index (κ1) is 18.8. The van der Waals surface area contributed by atoms with Crippen molar-refractivity contribution in [2.75, 3.05) is 12.4 Å². The first-order valence-corrected chi connectivity index (χ1v) is 10.2.